The van der Waals surface area contributed by atoms with Crippen molar-refractivity contribution in [2.24, 2.45) is 0 Å². The largest absolute Gasteiger partial charge is 0.485 e. The Morgan fingerprint density at radius 1 is 1.19 bits per heavy atom. The van der Waals surface area contributed by atoms with Gasteiger partial charge in [0.05, 0.1) is 5.69 Å². The lowest BCUT2D eigenvalue weighted by Gasteiger charge is -2.10. The third-order valence-corrected chi connectivity index (χ3v) is 1.43. The van der Waals surface area contributed by atoms with Gasteiger partial charge in [-0.3, -0.25) is 0 Å². The number of carbonyl (C=O) groups is 1. The first-order valence-electron chi connectivity index (χ1n) is 3.89. The second kappa shape index (κ2) is 4.33. The van der Waals surface area contributed by atoms with Crippen LogP contribution in [0.4, 0.5) is 32.4 Å². The zero-order chi connectivity index (χ0) is 12.3. The number of rotatable bonds is 1. The molecule has 1 aromatic carbocycles. The number of anilines is 1. The number of hydrogen-bond acceptors (Lipinski definition) is 1. The van der Waals surface area contributed by atoms with Gasteiger partial charge in [-0.1, -0.05) is 0 Å². The fourth-order valence-corrected chi connectivity index (χ4v) is 0.876. The molecule has 0 heterocycles. The van der Waals surface area contributed by atoms with Crippen LogP contribution in [0.5, 0.6) is 0 Å². The maximum Gasteiger partial charge on any atom is 0.485 e. The van der Waals surface area contributed by atoms with Crippen LogP contribution in [0.15, 0.2) is 18.2 Å². The highest BCUT2D eigenvalue weighted by molar-refractivity contribution is 5.89. The van der Waals surface area contributed by atoms with Crippen molar-refractivity contribution in [3.05, 3.63) is 29.8 Å². The van der Waals surface area contributed by atoms with Gasteiger partial charge >= 0.3 is 12.3 Å². The van der Waals surface area contributed by atoms with Gasteiger partial charge in [0.1, 0.15) is 11.6 Å². The van der Waals surface area contributed by atoms with Crippen molar-refractivity contribution in [1.82, 2.24) is 5.32 Å². The molecule has 0 atom stereocenters. The van der Waals surface area contributed by atoms with Gasteiger partial charge in [0.2, 0.25) is 0 Å². The first-order chi connectivity index (χ1) is 7.28. The zero-order valence-electron chi connectivity index (χ0n) is 7.53. The minimum absolute atomic E-state index is 0.561. The average Bonchev–Trinajstić information content (AvgIpc) is 2.08. The van der Waals surface area contributed by atoms with E-state index >= 15 is 0 Å². The molecule has 3 nitrogen and oxygen atoms in total. The molecule has 2 N–H and O–H groups in total. The normalized spacial score (nSPS) is 11.1. The van der Waals surface area contributed by atoms with Crippen molar-refractivity contribution < 1.29 is 26.7 Å². The van der Waals surface area contributed by atoms with E-state index in [4.69, 9.17) is 0 Å². The summed E-state index contributed by atoms with van der Waals surface area (Å²) >= 11 is 0. The third kappa shape index (κ3) is 3.71. The van der Waals surface area contributed by atoms with Gasteiger partial charge in [0, 0.05) is 6.07 Å². The van der Waals surface area contributed by atoms with Crippen molar-refractivity contribution in [3.63, 3.8) is 0 Å². The van der Waals surface area contributed by atoms with Crippen molar-refractivity contribution >= 4 is 11.7 Å². The zero-order valence-corrected chi connectivity index (χ0v) is 7.53. The highest BCUT2D eigenvalue weighted by atomic mass is 19.4. The highest BCUT2D eigenvalue weighted by Gasteiger charge is 2.30. The summed E-state index contributed by atoms with van der Waals surface area (Å²) in [6.07, 6.45) is -4.94. The van der Waals surface area contributed by atoms with Gasteiger partial charge in [0.25, 0.3) is 0 Å². The summed E-state index contributed by atoms with van der Waals surface area (Å²) in [5.41, 5.74) is -0.679. The van der Waals surface area contributed by atoms with E-state index in [9.17, 15) is 26.7 Å². The SMILES string of the molecule is O=C(Nc1cc(F)ccc1F)NC(F)(F)F. The molecular formula is C8H5F5N2O. The lowest BCUT2D eigenvalue weighted by molar-refractivity contribution is -0.144. The molecule has 1 rings (SSSR count). The fraction of sp³-hybridized carbons (Fsp3) is 0.125. The summed E-state index contributed by atoms with van der Waals surface area (Å²) in [6.45, 7) is 0. The number of halogens is 5. The second-order valence-corrected chi connectivity index (χ2v) is 2.70. The Kier molecular flexibility index (Phi) is 3.31. The molecule has 2 amide bonds. The Bertz CT molecular complexity index is 404. The topological polar surface area (TPSA) is 41.1 Å². The van der Waals surface area contributed by atoms with Crippen molar-refractivity contribution in [2.75, 3.05) is 5.32 Å². The number of amides is 2. The molecule has 0 aliphatic rings. The van der Waals surface area contributed by atoms with E-state index in [1.54, 1.807) is 0 Å². The van der Waals surface area contributed by atoms with Crippen LogP contribution in [0.1, 0.15) is 0 Å². The van der Waals surface area contributed by atoms with Gasteiger partial charge in [-0.05, 0) is 12.1 Å². The molecule has 0 bridgehead atoms. The monoisotopic (exact) mass is 240 g/mol. The molecule has 16 heavy (non-hydrogen) atoms. The Morgan fingerprint density at radius 3 is 2.38 bits per heavy atom. The Labute approximate surface area is 86.3 Å². The Balaban J connectivity index is 2.73. The van der Waals surface area contributed by atoms with E-state index in [1.165, 1.54) is 5.32 Å². The van der Waals surface area contributed by atoms with Crippen LogP contribution in [-0.2, 0) is 0 Å². The number of carbonyl (C=O) groups excluding carboxylic acids is 1. The van der Waals surface area contributed by atoms with Crippen LogP contribution < -0.4 is 10.6 Å². The summed E-state index contributed by atoms with van der Waals surface area (Å²) in [7, 11) is 0. The van der Waals surface area contributed by atoms with Gasteiger partial charge in [-0.2, -0.15) is 13.2 Å². The number of benzene rings is 1. The number of hydrogen-bond donors (Lipinski definition) is 2. The summed E-state index contributed by atoms with van der Waals surface area (Å²) < 4.78 is 60.4. The number of nitrogens with one attached hydrogen (secondary N) is 2. The molecule has 88 valence electrons. The smallest absolute Gasteiger partial charge is 0.305 e. The van der Waals surface area contributed by atoms with E-state index in [1.807, 2.05) is 0 Å². The van der Waals surface area contributed by atoms with Crippen LogP contribution in [0, 0.1) is 11.6 Å². The Morgan fingerprint density at radius 2 is 1.81 bits per heavy atom. The molecule has 0 spiro atoms. The Hall–Kier alpha value is -1.86. The predicted octanol–water partition coefficient (Wildman–Crippen LogP) is 2.61. The molecule has 0 unspecified atom stereocenters. The second-order valence-electron chi connectivity index (χ2n) is 2.70. The van der Waals surface area contributed by atoms with Crippen molar-refractivity contribution in [3.8, 4) is 0 Å². The first kappa shape index (κ1) is 12.2. The number of alkyl halides is 3. The van der Waals surface area contributed by atoms with Crippen LogP contribution in [0.25, 0.3) is 0 Å². The molecule has 1 aromatic rings. The van der Waals surface area contributed by atoms with E-state index in [0.29, 0.717) is 17.4 Å². The maximum absolute atomic E-state index is 12.9. The quantitative estimate of drug-likeness (QED) is 0.575. The molecule has 0 aromatic heterocycles. The molecule has 0 saturated heterocycles. The summed E-state index contributed by atoms with van der Waals surface area (Å²) in [5.74, 6) is -1.93. The molecule has 0 aliphatic heterocycles. The molecule has 0 aliphatic carbocycles. The van der Waals surface area contributed by atoms with Gasteiger partial charge in [-0.15, -0.1) is 0 Å². The molecule has 0 radical (unpaired) electrons. The van der Waals surface area contributed by atoms with Gasteiger partial charge < -0.3 is 5.32 Å². The summed E-state index contributed by atoms with van der Waals surface area (Å²) in [6, 6.07) is 0.309. The minimum Gasteiger partial charge on any atom is -0.305 e. The van der Waals surface area contributed by atoms with Crippen molar-refractivity contribution in [1.29, 1.82) is 0 Å². The summed E-state index contributed by atoms with van der Waals surface area (Å²) in [5, 5.41) is 2.10. The first-order valence-corrected chi connectivity index (χ1v) is 3.89. The fourth-order valence-electron chi connectivity index (χ4n) is 0.876. The lowest BCUT2D eigenvalue weighted by Crippen LogP contribution is -2.40. The molecule has 8 heteroatoms. The van der Waals surface area contributed by atoms with E-state index in [2.05, 4.69) is 0 Å². The van der Waals surface area contributed by atoms with Crippen LogP contribution in [0.3, 0.4) is 0 Å². The molecule has 0 fully saturated rings. The van der Waals surface area contributed by atoms with Crippen molar-refractivity contribution in [2.45, 2.75) is 6.30 Å². The van der Waals surface area contributed by atoms with E-state index in [0.717, 1.165) is 6.07 Å². The van der Waals surface area contributed by atoms with Crippen LogP contribution in [-0.4, -0.2) is 12.3 Å². The highest BCUT2D eigenvalue weighted by Crippen LogP contribution is 2.16. The lowest BCUT2D eigenvalue weighted by atomic mass is 10.3. The molecule has 0 saturated carbocycles. The maximum atomic E-state index is 12.9. The molecular weight excluding hydrogens is 235 g/mol. The predicted molar refractivity (Wildman–Crippen MR) is 44.6 cm³/mol. The standard InChI is InChI=1S/C8H5F5N2O/c9-4-1-2-5(10)6(3-4)14-7(16)15-8(11,12)13/h1-3H,(H2,14,15,16). The third-order valence-electron chi connectivity index (χ3n) is 1.43. The van der Waals surface area contributed by atoms with Gasteiger partial charge in [-0.25, -0.2) is 18.9 Å². The van der Waals surface area contributed by atoms with Crippen LogP contribution in [0.2, 0.25) is 0 Å². The number of urea groups is 1. The average molecular weight is 240 g/mol. The van der Waals surface area contributed by atoms with E-state index in [-0.39, 0.29) is 0 Å². The van der Waals surface area contributed by atoms with Gasteiger partial charge in [0.15, 0.2) is 0 Å². The minimum atomic E-state index is -4.94. The summed E-state index contributed by atoms with van der Waals surface area (Å²) in [4.78, 5) is 10.7. The van der Waals surface area contributed by atoms with E-state index < -0.39 is 29.7 Å². The van der Waals surface area contributed by atoms with Crippen LogP contribution >= 0.6 is 0 Å².